The van der Waals surface area contributed by atoms with Crippen molar-refractivity contribution in [3.63, 3.8) is 0 Å². The van der Waals surface area contributed by atoms with Crippen LogP contribution in [0.4, 0.5) is 10.6 Å². The third-order valence-corrected chi connectivity index (χ3v) is 6.23. The Kier molecular flexibility index (Phi) is 7.48. The number of anilines is 1. The third-order valence-electron chi connectivity index (χ3n) is 6.23. The molecular weight excluding hydrogens is 499 g/mol. The molecule has 1 unspecified atom stereocenters. The van der Waals surface area contributed by atoms with Crippen LogP contribution in [0, 0.1) is 0 Å². The van der Waals surface area contributed by atoms with Gasteiger partial charge in [0.25, 0.3) is 0 Å². The van der Waals surface area contributed by atoms with Crippen LogP contribution in [0.25, 0.3) is 0 Å². The van der Waals surface area contributed by atoms with E-state index in [0.717, 1.165) is 0 Å². The minimum Gasteiger partial charge on any atom is -0.534 e. The highest BCUT2D eigenvalue weighted by Crippen LogP contribution is 2.30. The van der Waals surface area contributed by atoms with Crippen LogP contribution in [0.2, 0.25) is 0 Å². The first-order valence-electron chi connectivity index (χ1n) is 11.7. The second-order valence-corrected chi connectivity index (χ2v) is 8.64. The molecule has 2 aromatic rings. The fourth-order valence-electron chi connectivity index (χ4n) is 4.26. The van der Waals surface area contributed by atoms with Crippen molar-refractivity contribution in [2.45, 2.75) is 25.3 Å². The molecule has 1 fully saturated rings. The van der Waals surface area contributed by atoms with Gasteiger partial charge in [0.2, 0.25) is 5.91 Å². The van der Waals surface area contributed by atoms with Crippen LogP contribution in [-0.2, 0) is 20.8 Å². The molecule has 38 heavy (non-hydrogen) atoms. The molecule has 1 aromatic carbocycles. The second-order valence-electron chi connectivity index (χ2n) is 8.64. The van der Waals surface area contributed by atoms with Gasteiger partial charge in [0.05, 0.1) is 17.2 Å². The van der Waals surface area contributed by atoms with Gasteiger partial charge in [-0.05, 0) is 37.1 Å². The average Bonchev–Trinajstić information content (AvgIpc) is 2.88. The first kappa shape index (κ1) is 26.4. The lowest BCUT2D eigenvalue weighted by Crippen LogP contribution is -2.60. The highest BCUT2D eigenvalue weighted by Gasteiger charge is 2.41. The van der Waals surface area contributed by atoms with Gasteiger partial charge in [-0.3, -0.25) is 19.3 Å². The minimum absolute atomic E-state index is 0.00486. The van der Waals surface area contributed by atoms with Crippen LogP contribution in [0.15, 0.2) is 36.4 Å². The number of piperazine rings is 1. The Morgan fingerprint density at radius 3 is 2.61 bits per heavy atom. The van der Waals surface area contributed by atoms with E-state index in [0.29, 0.717) is 17.0 Å². The number of carboxylic acid groups (broad SMARTS) is 1. The van der Waals surface area contributed by atoms with Crippen molar-refractivity contribution in [2.24, 2.45) is 0 Å². The van der Waals surface area contributed by atoms with E-state index in [1.807, 2.05) is 0 Å². The van der Waals surface area contributed by atoms with Gasteiger partial charge in [-0.1, -0.05) is 18.2 Å². The predicted molar refractivity (Wildman–Crippen MR) is 132 cm³/mol. The molecule has 2 atom stereocenters. The van der Waals surface area contributed by atoms with Gasteiger partial charge >= 0.3 is 30.9 Å². The first-order chi connectivity index (χ1) is 18.1. The van der Waals surface area contributed by atoms with E-state index in [2.05, 4.69) is 15.6 Å². The number of para-hydroxylation sites is 1. The maximum Gasteiger partial charge on any atom is 0.547 e. The molecule has 3 heterocycles. The summed E-state index contributed by atoms with van der Waals surface area (Å²) in [5.74, 6) is -4.87. The fourth-order valence-corrected chi connectivity index (χ4v) is 4.26. The van der Waals surface area contributed by atoms with Gasteiger partial charge in [-0.2, -0.15) is 0 Å². The first-order valence-corrected chi connectivity index (χ1v) is 11.7. The number of likely N-dealkylation sites (N-methyl/N-ethyl adjacent to an activating group) is 1. The highest BCUT2D eigenvalue weighted by molar-refractivity contribution is 6.47. The lowest BCUT2D eigenvalue weighted by atomic mass is 9.72. The molecule has 1 saturated heterocycles. The van der Waals surface area contributed by atoms with Crippen LogP contribution in [0.5, 0.6) is 5.75 Å². The molecule has 0 bridgehead atoms. The average molecular weight is 524 g/mol. The molecule has 4 rings (SSSR count). The zero-order chi connectivity index (χ0) is 27.6. The number of nitrogens with zero attached hydrogens (tertiary/aromatic N) is 3. The molecule has 1 aromatic heterocycles. The van der Waals surface area contributed by atoms with Crippen molar-refractivity contribution in [3.8, 4) is 5.75 Å². The van der Waals surface area contributed by atoms with Crippen molar-refractivity contribution in [1.29, 1.82) is 0 Å². The minimum atomic E-state index is -1.60. The SMILES string of the molecule is CCN1CCN(C(=O)NC(C(=O)N[C@H]2Cc3cccc(C(=O)O)c3OB2O)c2cccc(N)n2)C(=O)C1=O. The summed E-state index contributed by atoms with van der Waals surface area (Å²) in [5.41, 5.74) is 6.11. The van der Waals surface area contributed by atoms with E-state index in [1.165, 1.54) is 35.2 Å². The van der Waals surface area contributed by atoms with Crippen molar-refractivity contribution in [2.75, 3.05) is 25.4 Å². The number of benzene rings is 1. The van der Waals surface area contributed by atoms with E-state index < -0.39 is 48.8 Å². The number of amides is 5. The highest BCUT2D eigenvalue weighted by atomic mass is 16.5. The number of nitrogens with one attached hydrogen (secondary N) is 2. The Morgan fingerprint density at radius 1 is 1.18 bits per heavy atom. The Morgan fingerprint density at radius 2 is 1.92 bits per heavy atom. The van der Waals surface area contributed by atoms with Crippen molar-refractivity contribution in [1.82, 2.24) is 25.4 Å². The Hall–Kier alpha value is -4.66. The number of rotatable bonds is 6. The molecule has 0 radical (unpaired) electrons. The van der Waals surface area contributed by atoms with Crippen LogP contribution in [-0.4, -0.2) is 87.3 Å². The number of nitrogen functional groups attached to an aromatic ring is 1. The lowest BCUT2D eigenvalue weighted by Gasteiger charge is -2.33. The predicted octanol–water partition coefficient (Wildman–Crippen LogP) is -1.06. The summed E-state index contributed by atoms with van der Waals surface area (Å²) < 4.78 is 5.41. The Labute approximate surface area is 216 Å². The standard InChI is InChI=1S/C23H25BN6O8/c1-2-29-9-10-30(21(33)20(29)32)23(36)28-17(14-7-4-8-16(25)26-14)19(31)27-15-11-12-5-3-6-13(22(34)35)18(12)38-24(15)37/h3-8,15,17,37H,2,9-11H2,1H3,(H2,25,26)(H,27,31)(H,28,36)(H,34,35)/t15-,17?/m0/s1. The lowest BCUT2D eigenvalue weighted by molar-refractivity contribution is -0.153. The fraction of sp³-hybridized carbons (Fsp3) is 0.304. The van der Waals surface area contributed by atoms with Crippen LogP contribution < -0.4 is 21.0 Å². The number of aromatic carboxylic acids is 1. The van der Waals surface area contributed by atoms with Crippen molar-refractivity contribution < 1.29 is 38.8 Å². The van der Waals surface area contributed by atoms with Crippen LogP contribution in [0.3, 0.4) is 0 Å². The number of hydrogen-bond donors (Lipinski definition) is 5. The Balaban J connectivity index is 1.55. The number of aromatic nitrogens is 1. The second kappa shape index (κ2) is 10.8. The molecule has 6 N–H and O–H groups in total. The largest absolute Gasteiger partial charge is 0.547 e. The quantitative estimate of drug-likeness (QED) is 0.229. The number of hydrogen-bond acceptors (Lipinski definition) is 9. The van der Waals surface area contributed by atoms with Gasteiger partial charge in [-0.25, -0.2) is 14.6 Å². The van der Waals surface area contributed by atoms with E-state index in [4.69, 9.17) is 10.4 Å². The van der Waals surface area contributed by atoms with E-state index in [9.17, 15) is 34.1 Å². The number of carbonyl (C=O) groups excluding carboxylic acids is 4. The summed E-state index contributed by atoms with van der Waals surface area (Å²) in [6, 6.07) is 6.42. The summed E-state index contributed by atoms with van der Waals surface area (Å²) in [6.07, 6.45) is 0.0281. The van der Waals surface area contributed by atoms with Gasteiger partial charge in [0.1, 0.15) is 11.6 Å². The van der Waals surface area contributed by atoms with Crippen LogP contribution >= 0.6 is 0 Å². The molecule has 0 aliphatic carbocycles. The maximum atomic E-state index is 13.4. The Bertz CT molecular complexity index is 1310. The molecule has 15 heteroatoms. The van der Waals surface area contributed by atoms with Crippen molar-refractivity contribution >= 4 is 42.7 Å². The number of carboxylic acids is 1. The summed E-state index contributed by atoms with van der Waals surface area (Å²) in [5, 5.41) is 24.9. The molecule has 2 aliphatic heterocycles. The summed E-state index contributed by atoms with van der Waals surface area (Å²) in [6.45, 7) is 2.09. The molecule has 2 aliphatic rings. The number of urea groups is 1. The normalized spacial score (nSPS) is 17.8. The summed E-state index contributed by atoms with van der Waals surface area (Å²) in [7, 11) is -1.60. The third kappa shape index (κ3) is 5.22. The summed E-state index contributed by atoms with van der Waals surface area (Å²) >= 11 is 0. The topological polar surface area (TPSA) is 204 Å². The van der Waals surface area contributed by atoms with Gasteiger partial charge in [-0.15, -0.1) is 0 Å². The number of carbonyl (C=O) groups is 5. The number of pyridine rings is 1. The number of nitrogens with two attached hydrogens (primary N) is 1. The number of fused-ring (bicyclic) bond motifs is 1. The molecule has 0 spiro atoms. The van der Waals surface area contributed by atoms with Crippen LogP contribution in [0.1, 0.15) is 34.6 Å². The van der Waals surface area contributed by atoms with Gasteiger partial charge < -0.3 is 36.1 Å². The molecule has 14 nitrogen and oxygen atoms in total. The smallest absolute Gasteiger partial charge is 0.534 e. The molecule has 0 saturated carbocycles. The van der Waals surface area contributed by atoms with Crippen molar-refractivity contribution in [3.05, 3.63) is 53.2 Å². The zero-order valence-electron chi connectivity index (χ0n) is 20.3. The zero-order valence-corrected chi connectivity index (χ0v) is 20.3. The maximum absolute atomic E-state index is 13.4. The molecule has 198 valence electrons. The van der Waals surface area contributed by atoms with Gasteiger partial charge in [0, 0.05) is 19.6 Å². The number of imide groups is 1. The summed E-state index contributed by atoms with van der Waals surface area (Å²) in [4.78, 5) is 68.7. The molecule has 5 amide bonds. The monoisotopic (exact) mass is 524 g/mol. The van der Waals surface area contributed by atoms with E-state index in [-0.39, 0.29) is 42.3 Å². The van der Waals surface area contributed by atoms with Gasteiger partial charge in [0.15, 0.2) is 6.04 Å². The van der Waals surface area contributed by atoms with E-state index >= 15 is 0 Å². The van der Waals surface area contributed by atoms with E-state index in [1.54, 1.807) is 13.0 Å². The molecular formula is C23H25BN6O8.